The number of para-hydroxylation sites is 1. The maximum Gasteiger partial charge on any atom is 0.244 e. The number of carbonyl (C=O) groups excluding carboxylic acids is 3. The number of carbonyl (C=O) groups is 3. The molecule has 5 heteroatoms. The van der Waals surface area contributed by atoms with Crippen LogP contribution in [0.4, 0.5) is 5.69 Å². The molecule has 0 radical (unpaired) electrons. The van der Waals surface area contributed by atoms with E-state index in [-0.39, 0.29) is 47.9 Å². The molecule has 2 aliphatic carbocycles. The summed E-state index contributed by atoms with van der Waals surface area (Å²) in [6, 6.07) is 7.43. The molecule has 1 N–H and O–H groups in total. The highest BCUT2D eigenvalue weighted by molar-refractivity contribution is 6.09. The number of rotatable bonds is 3. The van der Waals surface area contributed by atoms with Crippen LogP contribution >= 0.6 is 0 Å². The van der Waals surface area contributed by atoms with Crippen molar-refractivity contribution in [3.63, 3.8) is 0 Å². The molecule has 5 nitrogen and oxygen atoms in total. The first-order valence-corrected chi connectivity index (χ1v) is 7.95. The van der Waals surface area contributed by atoms with E-state index in [1.165, 1.54) is 0 Å². The Bertz CT molecular complexity index is 710. The predicted molar refractivity (Wildman–Crippen MR) is 84.2 cm³/mol. The molecule has 2 fully saturated rings. The Morgan fingerprint density at radius 1 is 1.13 bits per heavy atom. The van der Waals surface area contributed by atoms with Gasteiger partial charge in [0.1, 0.15) is 6.54 Å². The van der Waals surface area contributed by atoms with E-state index >= 15 is 0 Å². The van der Waals surface area contributed by atoms with Crippen LogP contribution in [0.5, 0.6) is 0 Å². The molecule has 4 rings (SSSR count). The van der Waals surface area contributed by atoms with Gasteiger partial charge in [-0.25, -0.2) is 0 Å². The summed E-state index contributed by atoms with van der Waals surface area (Å²) in [5, 5.41) is 2.78. The average molecular weight is 310 g/mol. The fourth-order valence-corrected chi connectivity index (χ4v) is 4.17. The third kappa shape index (κ3) is 2.11. The molecule has 23 heavy (non-hydrogen) atoms. The second kappa shape index (κ2) is 5.05. The summed E-state index contributed by atoms with van der Waals surface area (Å²) in [5.41, 5.74) is 1.65. The summed E-state index contributed by atoms with van der Waals surface area (Å²) >= 11 is 0. The normalized spacial score (nSPS) is 30.9. The van der Waals surface area contributed by atoms with Gasteiger partial charge in [-0.15, -0.1) is 0 Å². The van der Waals surface area contributed by atoms with Crippen LogP contribution in [0, 0.1) is 30.6 Å². The van der Waals surface area contributed by atoms with Crippen LogP contribution in [0.15, 0.2) is 36.4 Å². The van der Waals surface area contributed by atoms with Gasteiger partial charge in [0.15, 0.2) is 0 Å². The van der Waals surface area contributed by atoms with Gasteiger partial charge in [0.05, 0.1) is 11.8 Å². The zero-order valence-corrected chi connectivity index (χ0v) is 12.9. The first kappa shape index (κ1) is 14.2. The van der Waals surface area contributed by atoms with Gasteiger partial charge in [-0.05, 0) is 36.8 Å². The van der Waals surface area contributed by atoms with Crippen LogP contribution < -0.4 is 5.32 Å². The number of nitrogens with zero attached hydrogens (tertiary/aromatic N) is 1. The maximum absolute atomic E-state index is 12.5. The highest BCUT2D eigenvalue weighted by Gasteiger charge is 2.59. The lowest BCUT2D eigenvalue weighted by Crippen LogP contribution is -2.39. The third-order valence-corrected chi connectivity index (χ3v) is 5.28. The van der Waals surface area contributed by atoms with Crippen molar-refractivity contribution in [2.75, 3.05) is 11.9 Å². The van der Waals surface area contributed by atoms with Crippen LogP contribution in [0.2, 0.25) is 0 Å². The van der Waals surface area contributed by atoms with E-state index in [0.717, 1.165) is 16.9 Å². The molecule has 2 bridgehead atoms. The summed E-state index contributed by atoms with van der Waals surface area (Å²) in [6.45, 7) is 1.70. The van der Waals surface area contributed by atoms with Crippen molar-refractivity contribution in [1.82, 2.24) is 4.90 Å². The Kier molecular flexibility index (Phi) is 3.11. The van der Waals surface area contributed by atoms with E-state index in [1.807, 2.05) is 37.3 Å². The van der Waals surface area contributed by atoms with Gasteiger partial charge in [-0.3, -0.25) is 19.3 Å². The topological polar surface area (TPSA) is 66.5 Å². The van der Waals surface area contributed by atoms with E-state index < -0.39 is 0 Å². The van der Waals surface area contributed by atoms with E-state index in [0.29, 0.717) is 5.69 Å². The quantitative estimate of drug-likeness (QED) is 0.683. The highest BCUT2D eigenvalue weighted by Crippen LogP contribution is 2.52. The van der Waals surface area contributed by atoms with Crippen LogP contribution in [0.3, 0.4) is 0 Å². The number of amides is 3. The number of anilines is 1. The first-order chi connectivity index (χ1) is 11.1. The van der Waals surface area contributed by atoms with Gasteiger partial charge in [-0.1, -0.05) is 30.4 Å². The van der Waals surface area contributed by atoms with Gasteiger partial charge in [-0.2, -0.15) is 0 Å². The number of nitrogens with one attached hydrogen (secondary N) is 1. The number of likely N-dealkylation sites (tertiary alicyclic amines) is 1. The van der Waals surface area contributed by atoms with Gasteiger partial charge in [0.2, 0.25) is 17.7 Å². The van der Waals surface area contributed by atoms with Gasteiger partial charge >= 0.3 is 0 Å². The SMILES string of the molecule is Cc1ccccc1NC(=O)CN1C(=O)C2C3C=CC(C3)C2C1=O. The molecule has 1 aliphatic heterocycles. The van der Waals surface area contributed by atoms with Gasteiger partial charge in [0, 0.05) is 5.69 Å². The number of benzene rings is 1. The van der Waals surface area contributed by atoms with E-state index in [2.05, 4.69) is 5.32 Å². The Morgan fingerprint density at radius 3 is 2.35 bits per heavy atom. The lowest BCUT2D eigenvalue weighted by atomic mass is 9.85. The minimum Gasteiger partial charge on any atom is -0.324 e. The number of allylic oxidation sites excluding steroid dienone is 2. The second-order valence-corrected chi connectivity index (χ2v) is 6.63. The van der Waals surface area contributed by atoms with Crippen molar-refractivity contribution in [3.05, 3.63) is 42.0 Å². The zero-order valence-electron chi connectivity index (χ0n) is 12.9. The van der Waals surface area contributed by atoms with Crippen molar-refractivity contribution in [1.29, 1.82) is 0 Å². The number of aryl methyl sites for hydroxylation is 1. The van der Waals surface area contributed by atoms with Crippen LogP contribution in [-0.4, -0.2) is 29.2 Å². The number of hydrogen-bond donors (Lipinski definition) is 1. The number of imide groups is 1. The van der Waals surface area contributed by atoms with E-state index in [1.54, 1.807) is 6.07 Å². The van der Waals surface area contributed by atoms with E-state index in [9.17, 15) is 14.4 Å². The maximum atomic E-state index is 12.5. The standard InChI is InChI=1S/C18H18N2O3/c1-10-4-2-3-5-13(10)19-14(21)9-20-17(22)15-11-6-7-12(8-11)16(15)18(20)23/h2-7,11-12,15-16H,8-9H2,1H3,(H,19,21). The molecule has 3 aliphatic rings. The summed E-state index contributed by atoms with van der Waals surface area (Å²) in [5.74, 6) is -0.848. The lowest BCUT2D eigenvalue weighted by molar-refractivity contribution is -0.143. The predicted octanol–water partition coefficient (Wildman–Crippen LogP) is 1.74. The minimum absolute atomic E-state index is 0.172. The largest absolute Gasteiger partial charge is 0.324 e. The fourth-order valence-electron chi connectivity index (χ4n) is 4.17. The smallest absolute Gasteiger partial charge is 0.244 e. The Labute approximate surface area is 134 Å². The Hall–Kier alpha value is -2.43. The molecule has 1 aromatic carbocycles. The molecular formula is C18H18N2O3. The molecule has 4 unspecified atom stereocenters. The number of hydrogen-bond acceptors (Lipinski definition) is 3. The minimum atomic E-state index is -0.332. The highest BCUT2D eigenvalue weighted by atomic mass is 16.2. The first-order valence-electron chi connectivity index (χ1n) is 7.95. The number of fused-ring (bicyclic) bond motifs is 5. The van der Waals surface area contributed by atoms with Crippen molar-refractivity contribution in [2.24, 2.45) is 23.7 Å². The molecule has 1 saturated heterocycles. The van der Waals surface area contributed by atoms with Crippen LogP contribution in [0.1, 0.15) is 12.0 Å². The molecule has 1 saturated carbocycles. The fraction of sp³-hybridized carbons (Fsp3) is 0.389. The summed E-state index contributed by atoms with van der Waals surface area (Å²) in [6.07, 6.45) is 5.00. The summed E-state index contributed by atoms with van der Waals surface area (Å²) in [7, 11) is 0. The zero-order chi connectivity index (χ0) is 16.1. The van der Waals surface area contributed by atoms with E-state index in [4.69, 9.17) is 0 Å². The monoisotopic (exact) mass is 310 g/mol. The lowest BCUT2D eigenvalue weighted by Gasteiger charge is -2.17. The molecule has 3 amide bonds. The molecular weight excluding hydrogens is 292 g/mol. The Balaban J connectivity index is 1.48. The molecule has 4 atom stereocenters. The third-order valence-electron chi connectivity index (χ3n) is 5.28. The van der Waals surface area contributed by atoms with Gasteiger partial charge in [0.25, 0.3) is 0 Å². The van der Waals surface area contributed by atoms with Crippen molar-refractivity contribution >= 4 is 23.4 Å². The van der Waals surface area contributed by atoms with Crippen molar-refractivity contribution < 1.29 is 14.4 Å². The van der Waals surface area contributed by atoms with Crippen LogP contribution in [0.25, 0.3) is 0 Å². The molecule has 0 spiro atoms. The van der Waals surface area contributed by atoms with Gasteiger partial charge < -0.3 is 5.32 Å². The van der Waals surface area contributed by atoms with Crippen molar-refractivity contribution in [2.45, 2.75) is 13.3 Å². The molecule has 118 valence electrons. The average Bonchev–Trinajstić information content (AvgIpc) is 3.19. The van der Waals surface area contributed by atoms with Crippen molar-refractivity contribution in [3.8, 4) is 0 Å². The summed E-state index contributed by atoms with van der Waals surface area (Å²) in [4.78, 5) is 38.5. The Morgan fingerprint density at radius 2 is 1.74 bits per heavy atom. The molecule has 0 aromatic heterocycles. The van der Waals surface area contributed by atoms with Crippen LogP contribution in [-0.2, 0) is 14.4 Å². The molecule has 1 heterocycles. The second-order valence-electron chi connectivity index (χ2n) is 6.63. The molecule has 1 aromatic rings. The summed E-state index contributed by atoms with van der Waals surface area (Å²) < 4.78 is 0.